The summed E-state index contributed by atoms with van der Waals surface area (Å²) in [5.74, 6) is -1.02. The average molecular weight is 415 g/mol. The van der Waals surface area contributed by atoms with Crippen LogP contribution in [0.5, 0.6) is 0 Å². The topological polar surface area (TPSA) is 93.2 Å². The molecule has 0 aromatic carbocycles. The van der Waals surface area contributed by atoms with Crippen molar-refractivity contribution >= 4 is 34.9 Å². The first-order chi connectivity index (χ1) is 12.7. The molecule has 146 valence electrons. The third-order valence-electron chi connectivity index (χ3n) is 3.10. The normalized spacial score (nSPS) is 11.1. The maximum absolute atomic E-state index is 13.5. The monoisotopic (exact) mass is 414 g/mol. The second-order valence-electron chi connectivity index (χ2n) is 6.52. The van der Waals surface area contributed by atoms with Crippen molar-refractivity contribution in [3.05, 3.63) is 44.9 Å². The molecule has 0 saturated heterocycles. The number of hydrogen-bond acceptors (Lipinski definition) is 6. The Kier molecular flexibility index (Phi) is 7.09. The molecule has 7 nitrogen and oxygen atoms in total. The second-order valence-corrected chi connectivity index (χ2v) is 8.21. The van der Waals surface area contributed by atoms with E-state index in [9.17, 15) is 14.0 Å². The number of carbonyl (C=O) groups excluding carboxylic acids is 2. The molecule has 0 bridgehead atoms. The molecular formula is C17H20ClFN4O3S. The Morgan fingerprint density at radius 2 is 2.07 bits per heavy atom. The average Bonchev–Trinajstić information content (AvgIpc) is 2.93. The lowest BCUT2D eigenvalue weighted by atomic mass is 10.2. The SMILES string of the molecule is CC(C)(C)OC(=O)NCCc1nc(C(=O)NCc2ncccc2F)c(Cl)s1. The quantitative estimate of drug-likeness (QED) is 0.756. The number of rotatable bonds is 6. The highest BCUT2D eigenvalue weighted by Crippen LogP contribution is 2.24. The summed E-state index contributed by atoms with van der Waals surface area (Å²) in [5, 5.41) is 5.74. The van der Waals surface area contributed by atoms with E-state index in [1.165, 1.54) is 18.3 Å². The summed E-state index contributed by atoms with van der Waals surface area (Å²) in [5.41, 5.74) is -0.392. The van der Waals surface area contributed by atoms with Gasteiger partial charge in [-0.2, -0.15) is 0 Å². The van der Waals surface area contributed by atoms with Gasteiger partial charge in [-0.25, -0.2) is 14.2 Å². The van der Waals surface area contributed by atoms with Crippen molar-refractivity contribution in [3.63, 3.8) is 0 Å². The lowest BCUT2D eigenvalue weighted by Gasteiger charge is -2.19. The minimum Gasteiger partial charge on any atom is -0.444 e. The van der Waals surface area contributed by atoms with Crippen LogP contribution in [0.15, 0.2) is 18.3 Å². The Morgan fingerprint density at radius 1 is 1.33 bits per heavy atom. The lowest BCUT2D eigenvalue weighted by Crippen LogP contribution is -2.33. The van der Waals surface area contributed by atoms with Crippen LogP contribution in [0.3, 0.4) is 0 Å². The minimum atomic E-state index is -0.576. The Hall–Kier alpha value is -2.26. The van der Waals surface area contributed by atoms with Crippen molar-refractivity contribution in [3.8, 4) is 0 Å². The van der Waals surface area contributed by atoms with Gasteiger partial charge >= 0.3 is 6.09 Å². The van der Waals surface area contributed by atoms with E-state index in [-0.39, 0.29) is 22.3 Å². The van der Waals surface area contributed by atoms with Crippen LogP contribution in [0, 0.1) is 5.82 Å². The van der Waals surface area contributed by atoms with Crippen LogP contribution < -0.4 is 10.6 Å². The zero-order valence-corrected chi connectivity index (χ0v) is 16.7. The Balaban J connectivity index is 1.87. The molecule has 0 saturated carbocycles. The van der Waals surface area contributed by atoms with Crippen molar-refractivity contribution in [2.24, 2.45) is 0 Å². The molecule has 0 fully saturated rings. The molecule has 2 aromatic heterocycles. The van der Waals surface area contributed by atoms with E-state index in [1.807, 2.05) is 0 Å². The standard InChI is InChI=1S/C17H20ClFN4O3S/c1-17(2,3)26-16(25)21-8-6-12-23-13(14(18)27-12)15(24)22-9-11-10(19)5-4-7-20-11/h4-5,7H,6,8-9H2,1-3H3,(H,21,25)(H,22,24). The van der Waals surface area contributed by atoms with Gasteiger partial charge in [0.25, 0.3) is 5.91 Å². The van der Waals surface area contributed by atoms with Gasteiger partial charge in [0, 0.05) is 19.2 Å². The van der Waals surface area contributed by atoms with Crippen molar-refractivity contribution in [2.75, 3.05) is 6.54 Å². The summed E-state index contributed by atoms with van der Waals surface area (Å²) in [6.07, 6.45) is 1.31. The van der Waals surface area contributed by atoms with Gasteiger partial charge in [-0.05, 0) is 32.9 Å². The van der Waals surface area contributed by atoms with Gasteiger partial charge in [0.15, 0.2) is 5.69 Å². The first kappa shape index (κ1) is 21.0. The second kappa shape index (κ2) is 9.09. The minimum absolute atomic E-state index is 0.0604. The van der Waals surface area contributed by atoms with Gasteiger partial charge in [-0.1, -0.05) is 11.6 Å². The molecule has 10 heteroatoms. The van der Waals surface area contributed by atoms with Crippen molar-refractivity contribution in [2.45, 2.75) is 39.3 Å². The molecular weight excluding hydrogens is 395 g/mol. The predicted octanol–water partition coefficient (Wildman–Crippen LogP) is 3.33. The molecule has 0 aliphatic carbocycles. The number of nitrogens with zero attached hydrogens (tertiary/aromatic N) is 2. The highest BCUT2D eigenvalue weighted by atomic mass is 35.5. The summed E-state index contributed by atoms with van der Waals surface area (Å²) >= 11 is 7.22. The Bertz CT molecular complexity index is 823. The molecule has 2 rings (SSSR count). The van der Waals surface area contributed by atoms with Crippen LogP contribution in [0.25, 0.3) is 0 Å². The predicted molar refractivity (Wildman–Crippen MR) is 100 cm³/mol. The third-order valence-corrected chi connectivity index (χ3v) is 4.42. The Morgan fingerprint density at radius 3 is 2.74 bits per heavy atom. The van der Waals surface area contributed by atoms with Gasteiger partial charge in [0.1, 0.15) is 15.8 Å². The van der Waals surface area contributed by atoms with Gasteiger partial charge in [0.05, 0.1) is 17.2 Å². The smallest absolute Gasteiger partial charge is 0.407 e. The lowest BCUT2D eigenvalue weighted by molar-refractivity contribution is 0.0528. The molecule has 0 atom stereocenters. The first-order valence-corrected chi connectivity index (χ1v) is 9.35. The maximum Gasteiger partial charge on any atom is 0.407 e. The van der Waals surface area contributed by atoms with Crippen LogP contribution in [0.4, 0.5) is 9.18 Å². The van der Waals surface area contributed by atoms with E-state index in [4.69, 9.17) is 16.3 Å². The highest BCUT2D eigenvalue weighted by Gasteiger charge is 2.19. The zero-order chi connectivity index (χ0) is 20.0. The number of hydrogen-bond donors (Lipinski definition) is 2. The van der Waals surface area contributed by atoms with Crippen LogP contribution in [-0.4, -0.2) is 34.1 Å². The maximum atomic E-state index is 13.5. The summed E-state index contributed by atoms with van der Waals surface area (Å²) < 4.78 is 18.9. The molecule has 0 spiro atoms. The first-order valence-electron chi connectivity index (χ1n) is 8.15. The third kappa shape index (κ3) is 6.76. The van der Waals surface area contributed by atoms with Crippen molar-refractivity contribution in [1.82, 2.24) is 20.6 Å². The van der Waals surface area contributed by atoms with E-state index in [0.717, 1.165) is 11.3 Å². The number of thiazole rings is 1. The van der Waals surface area contributed by atoms with E-state index >= 15 is 0 Å². The fourth-order valence-electron chi connectivity index (χ4n) is 1.97. The molecule has 2 heterocycles. The van der Waals surface area contributed by atoms with Gasteiger partial charge in [0.2, 0.25) is 0 Å². The number of ether oxygens (including phenoxy) is 1. The molecule has 0 aliphatic heterocycles. The number of aromatic nitrogens is 2. The molecule has 0 aliphatic rings. The molecule has 0 radical (unpaired) electrons. The molecule has 27 heavy (non-hydrogen) atoms. The summed E-state index contributed by atoms with van der Waals surface area (Å²) in [6.45, 7) is 5.53. The molecule has 2 N–H and O–H groups in total. The number of halogens is 2. The van der Waals surface area contributed by atoms with Gasteiger partial charge in [-0.3, -0.25) is 9.78 Å². The van der Waals surface area contributed by atoms with E-state index in [0.29, 0.717) is 18.0 Å². The molecule has 2 aromatic rings. The number of alkyl carbamates (subject to hydrolysis) is 1. The largest absolute Gasteiger partial charge is 0.444 e. The van der Waals surface area contributed by atoms with Gasteiger partial charge in [-0.15, -0.1) is 11.3 Å². The number of nitrogens with one attached hydrogen (secondary N) is 2. The van der Waals surface area contributed by atoms with Crippen LogP contribution in [0.1, 0.15) is 42.0 Å². The Labute approximate surface area is 165 Å². The van der Waals surface area contributed by atoms with E-state index < -0.39 is 23.4 Å². The van der Waals surface area contributed by atoms with Crippen LogP contribution in [-0.2, 0) is 17.7 Å². The number of carbonyl (C=O) groups is 2. The van der Waals surface area contributed by atoms with E-state index in [1.54, 1.807) is 20.8 Å². The van der Waals surface area contributed by atoms with Crippen LogP contribution in [0.2, 0.25) is 4.34 Å². The molecule has 0 unspecified atom stereocenters. The van der Waals surface area contributed by atoms with E-state index in [2.05, 4.69) is 20.6 Å². The highest BCUT2D eigenvalue weighted by molar-refractivity contribution is 7.16. The fourth-order valence-corrected chi connectivity index (χ4v) is 3.15. The summed E-state index contributed by atoms with van der Waals surface area (Å²) in [7, 11) is 0. The van der Waals surface area contributed by atoms with Crippen LogP contribution >= 0.6 is 22.9 Å². The molecule has 2 amide bonds. The number of amides is 2. The van der Waals surface area contributed by atoms with Crippen molar-refractivity contribution in [1.29, 1.82) is 0 Å². The fraction of sp³-hybridized carbons (Fsp3) is 0.412. The van der Waals surface area contributed by atoms with Gasteiger partial charge < -0.3 is 15.4 Å². The number of pyridine rings is 1. The summed E-state index contributed by atoms with van der Waals surface area (Å²) in [6, 6.07) is 2.73. The zero-order valence-electron chi connectivity index (χ0n) is 15.1. The summed E-state index contributed by atoms with van der Waals surface area (Å²) in [4.78, 5) is 31.9. The van der Waals surface area contributed by atoms with Crippen molar-refractivity contribution < 1.29 is 18.7 Å².